The van der Waals surface area contributed by atoms with E-state index in [0.717, 1.165) is 29.7 Å². The topological polar surface area (TPSA) is 49.4 Å². The number of rotatable bonds is 2. The van der Waals surface area contributed by atoms with Gasteiger partial charge in [-0.05, 0) is 30.9 Å². The summed E-state index contributed by atoms with van der Waals surface area (Å²) in [6.07, 6.45) is 1.68. The lowest BCUT2D eigenvalue weighted by Gasteiger charge is -2.31. The summed E-state index contributed by atoms with van der Waals surface area (Å²) in [5, 5.41) is 0. The lowest BCUT2D eigenvalue weighted by atomic mass is 10.1. The van der Waals surface area contributed by atoms with Gasteiger partial charge in [-0.2, -0.15) is 13.1 Å². The van der Waals surface area contributed by atoms with Gasteiger partial charge in [-0.3, -0.25) is 4.31 Å². The molecule has 1 aliphatic rings. The Kier molecular flexibility index (Phi) is 3.40. The van der Waals surface area contributed by atoms with Crippen LogP contribution in [-0.2, 0) is 16.6 Å². The SMILES string of the molecule is CCc1cccc(C)c1N1CCCNS1(=O)=O. The summed E-state index contributed by atoms with van der Waals surface area (Å²) in [6.45, 7) is 5.10. The first-order valence-electron chi connectivity index (χ1n) is 5.92. The molecule has 94 valence electrons. The quantitative estimate of drug-likeness (QED) is 0.871. The third kappa shape index (κ3) is 2.30. The lowest BCUT2D eigenvalue weighted by Crippen LogP contribution is -2.47. The zero-order valence-corrected chi connectivity index (χ0v) is 11.0. The van der Waals surface area contributed by atoms with Crippen LogP contribution in [0.5, 0.6) is 0 Å². The normalized spacial score (nSPS) is 19.3. The van der Waals surface area contributed by atoms with Crippen molar-refractivity contribution in [1.29, 1.82) is 0 Å². The minimum Gasteiger partial charge on any atom is -0.257 e. The number of aryl methyl sites for hydroxylation is 2. The lowest BCUT2D eigenvalue weighted by molar-refractivity contribution is 0.559. The molecule has 0 atom stereocenters. The second-order valence-corrected chi connectivity index (χ2v) is 5.94. The summed E-state index contributed by atoms with van der Waals surface area (Å²) in [5.74, 6) is 0. The molecule has 5 heteroatoms. The van der Waals surface area contributed by atoms with Crippen LogP contribution in [0.4, 0.5) is 5.69 Å². The second kappa shape index (κ2) is 4.66. The Balaban J connectivity index is 2.52. The van der Waals surface area contributed by atoms with Gasteiger partial charge in [-0.1, -0.05) is 25.1 Å². The fourth-order valence-corrected chi connectivity index (χ4v) is 3.64. The van der Waals surface area contributed by atoms with Crippen LogP contribution in [-0.4, -0.2) is 21.5 Å². The van der Waals surface area contributed by atoms with E-state index in [9.17, 15) is 8.42 Å². The van der Waals surface area contributed by atoms with E-state index in [0.29, 0.717) is 13.1 Å². The molecule has 4 nitrogen and oxygen atoms in total. The predicted octanol–water partition coefficient (Wildman–Crippen LogP) is 1.60. The van der Waals surface area contributed by atoms with Crippen LogP contribution in [0.25, 0.3) is 0 Å². The average molecular weight is 254 g/mol. The number of hydrogen-bond donors (Lipinski definition) is 1. The van der Waals surface area contributed by atoms with E-state index in [4.69, 9.17) is 0 Å². The molecule has 2 rings (SSSR count). The van der Waals surface area contributed by atoms with Crippen molar-refractivity contribution in [2.24, 2.45) is 0 Å². The molecule has 0 aliphatic carbocycles. The second-order valence-electron chi connectivity index (χ2n) is 4.26. The van der Waals surface area contributed by atoms with Gasteiger partial charge >= 0.3 is 10.2 Å². The Morgan fingerprint density at radius 1 is 1.41 bits per heavy atom. The van der Waals surface area contributed by atoms with Crippen molar-refractivity contribution >= 4 is 15.9 Å². The Morgan fingerprint density at radius 2 is 2.18 bits per heavy atom. The van der Waals surface area contributed by atoms with Crippen LogP contribution in [0, 0.1) is 6.92 Å². The summed E-state index contributed by atoms with van der Waals surface area (Å²) in [4.78, 5) is 0. The van der Waals surface area contributed by atoms with Crippen LogP contribution in [0.1, 0.15) is 24.5 Å². The van der Waals surface area contributed by atoms with Crippen molar-refractivity contribution in [3.63, 3.8) is 0 Å². The summed E-state index contributed by atoms with van der Waals surface area (Å²) in [6, 6.07) is 5.92. The molecule has 0 radical (unpaired) electrons. The van der Waals surface area contributed by atoms with Gasteiger partial charge in [0.25, 0.3) is 0 Å². The van der Waals surface area contributed by atoms with Crippen molar-refractivity contribution in [3.8, 4) is 0 Å². The molecule has 1 N–H and O–H groups in total. The molecule has 0 amide bonds. The fourth-order valence-electron chi connectivity index (χ4n) is 2.22. The van der Waals surface area contributed by atoms with Crippen molar-refractivity contribution in [3.05, 3.63) is 29.3 Å². The minimum atomic E-state index is -3.35. The van der Waals surface area contributed by atoms with Gasteiger partial charge in [0.15, 0.2) is 0 Å². The number of nitrogens with one attached hydrogen (secondary N) is 1. The van der Waals surface area contributed by atoms with Crippen molar-refractivity contribution in [1.82, 2.24) is 4.72 Å². The third-order valence-electron chi connectivity index (χ3n) is 3.06. The molecule has 1 aromatic rings. The summed E-state index contributed by atoms with van der Waals surface area (Å²) in [7, 11) is -3.35. The number of nitrogens with zero attached hydrogens (tertiary/aromatic N) is 1. The molecular formula is C12H18N2O2S. The third-order valence-corrected chi connectivity index (χ3v) is 4.58. The predicted molar refractivity (Wildman–Crippen MR) is 69.4 cm³/mol. The van der Waals surface area contributed by atoms with E-state index in [-0.39, 0.29) is 0 Å². The highest BCUT2D eigenvalue weighted by molar-refractivity contribution is 7.90. The highest BCUT2D eigenvalue weighted by atomic mass is 32.2. The van der Waals surface area contributed by atoms with Gasteiger partial charge in [-0.25, -0.2) is 0 Å². The highest BCUT2D eigenvalue weighted by Crippen LogP contribution is 2.28. The Morgan fingerprint density at radius 3 is 2.82 bits per heavy atom. The largest absolute Gasteiger partial charge is 0.301 e. The first-order valence-corrected chi connectivity index (χ1v) is 7.36. The van der Waals surface area contributed by atoms with Gasteiger partial charge in [0.1, 0.15) is 0 Å². The summed E-state index contributed by atoms with van der Waals surface area (Å²) in [5.41, 5.74) is 2.94. The minimum absolute atomic E-state index is 0.534. The number of hydrogen-bond acceptors (Lipinski definition) is 2. The van der Waals surface area contributed by atoms with Gasteiger partial charge in [0.05, 0.1) is 5.69 Å². The van der Waals surface area contributed by atoms with E-state index in [1.807, 2.05) is 32.0 Å². The standard InChI is InChI=1S/C12H18N2O2S/c1-3-11-7-4-6-10(2)12(11)14-9-5-8-13-17(14,15)16/h4,6-7,13H,3,5,8-9H2,1-2H3. The number of benzene rings is 1. The van der Waals surface area contributed by atoms with Gasteiger partial charge in [0, 0.05) is 13.1 Å². The molecule has 0 unspecified atom stereocenters. The van der Waals surface area contributed by atoms with Crippen LogP contribution in [0.3, 0.4) is 0 Å². The summed E-state index contributed by atoms with van der Waals surface area (Å²) < 4.78 is 28.1. The summed E-state index contributed by atoms with van der Waals surface area (Å²) >= 11 is 0. The Hall–Kier alpha value is -1.07. The van der Waals surface area contributed by atoms with E-state index in [1.54, 1.807) is 0 Å². The molecule has 1 aliphatic heterocycles. The maximum Gasteiger partial charge on any atom is 0.301 e. The fraction of sp³-hybridized carbons (Fsp3) is 0.500. The smallest absolute Gasteiger partial charge is 0.257 e. The van der Waals surface area contributed by atoms with Crippen LogP contribution in [0.15, 0.2) is 18.2 Å². The number of anilines is 1. The molecule has 1 fully saturated rings. The molecular weight excluding hydrogens is 236 g/mol. The van der Waals surface area contributed by atoms with E-state index < -0.39 is 10.2 Å². The molecule has 0 aromatic heterocycles. The van der Waals surface area contributed by atoms with Crippen LogP contribution in [0.2, 0.25) is 0 Å². The zero-order chi connectivity index (χ0) is 12.5. The molecule has 1 aromatic carbocycles. The number of para-hydroxylation sites is 1. The van der Waals surface area contributed by atoms with Gasteiger partial charge < -0.3 is 0 Å². The van der Waals surface area contributed by atoms with E-state index in [2.05, 4.69) is 4.72 Å². The molecule has 0 saturated carbocycles. The van der Waals surface area contributed by atoms with Crippen molar-refractivity contribution < 1.29 is 8.42 Å². The molecule has 17 heavy (non-hydrogen) atoms. The van der Waals surface area contributed by atoms with Crippen LogP contribution < -0.4 is 9.03 Å². The van der Waals surface area contributed by atoms with Gasteiger partial charge in [0.2, 0.25) is 0 Å². The maximum atomic E-state index is 12.0. The Labute approximate surface area is 103 Å². The zero-order valence-electron chi connectivity index (χ0n) is 10.2. The van der Waals surface area contributed by atoms with Gasteiger partial charge in [-0.15, -0.1) is 0 Å². The molecule has 1 heterocycles. The maximum absolute atomic E-state index is 12.0. The van der Waals surface area contributed by atoms with E-state index in [1.165, 1.54) is 4.31 Å². The van der Waals surface area contributed by atoms with E-state index >= 15 is 0 Å². The monoisotopic (exact) mass is 254 g/mol. The van der Waals surface area contributed by atoms with Crippen molar-refractivity contribution in [2.75, 3.05) is 17.4 Å². The first kappa shape index (κ1) is 12.4. The first-order chi connectivity index (χ1) is 8.06. The average Bonchev–Trinajstić information content (AvgIpc) is 2.29. The highest BCUT2D eigenvalue weighted by Gasteiger charge is 2.27. The molecule has 0 bridgehead atoms. The molecule has 1 saturated heterocycles. The van der Waals surface area contributed by atoms with Crippen LogP contribution >= 0.6 is 0 Å². The van der Waals surface area contributed by atoms with Crippen molar-refractivity contribution in [2.45, 2.75) is 26.7 Å². The molecule has 0 spiro atoms. The Bertz CT molecular complexity index is 511.